The lowest BCUT2D eigenvalue weighted by atomic mass is 9.68. The molecule has 1 amide bonds. The van der Waals surface area contributed by atoms with Gasteiger partial charge in [-0.3, -0.25) is 14.4 Å². The highest BCUT2D eigenvalue weighted by Gasteiger charge is 2.45. The summed E-state index contributed by atoms with van der Waals surface area (Å²) in [5.41, 5.74) is 1.53. The van der Waals surface area contributed by atoms with Crippen LogP contribution in [0.2, 0.25) is 0 Å². The van der Waals surface area contributed by atoms with Gasteiger partial charge in [0.2, 0.25) is 5.91 Å². The minimum Gasteiger partial charge on any atom is -0.508 e. The smallest absolute Gasteiger partial charge is 0.216 e. The molecule has 1 fully saturated rings. The highest BCUT2D eigenvalue weighted by atomic mass is 19.1. The summed E-state index contributed by atoms with van der Waals surface area (Å²) in [6, 6.07) is 16.8. The van der Waals surface area contributed by atoms with E-state index in [0.717, 1.165) is 0 Å². The summed E-state index contributed by atoms with van der Waals surface area (Å²) >= 11 is 0. The third kappa shape index (κ3) is 5.92. The van der Waals surface area contributed by atoms with Crippen LogP contribution in [0.3, 0.4) is 0 Å². The molecule has 4 rings (SSSR count). The van der Waals surface area contributed by atoms with Crippen molar-refractivity contribution in [2.24, 2.45) is 11.8 Å². The number of phenolic OH excluding ortho intramolecular Hbond substituents is 2. The Balaban J connectivity index is 1.83. The zero-order valence-electron chi connectivity index (χ0n) is 21.4. The van der Waals surface area contributed by atoms with Gasteiger partial charge in [-0.15, -0.1) is 0 Å². The Kier molecular flexibility index (Phi) is 8.22. The van der Waals surface area contributed by atoms with Gasteiger partial charge in [0.15, 0.2) is 11.6 Å². The molecule has 38 heavy (non-hydrogen) atoms. The van der Waals surface area contributed by atoms with Crippen molar-refractivity contribution in [3.8, 4) is 11.5 Å². The number of carbonyl (C=O) groups excluding carboxylic acids is 3. The first-order valence-corrected chi connectivity index (χ1v) is 12.5. The molecule has 0 aromatic heterocycles. The van der Waals surface area contributed by atoms with Crippen LogP contribution in [0.4, 0.5) is 4.39 Å². The lowest BCUT2D eigenvalue weighted by molar-refractivity contribution is -0.119. The van der Waals surface area contributed by atoms with Crippen LogP contribution < -0.4 is 5.32 Å². The highest BCUT2D eigenvalue weighted by Crippen LogP contribution is 2.42. The molecular formula is C30H31FN2O5. The first-order chi connectivity index (χ1) is 18.2. The number of likely N-dealkylation sites (tertiary alicyclic amines) is 1. The van der Waals surface area contributed by atoms with Crippen LogP contribution in [-0.2, 0) is 4.79 Å². The van der Waals surface area contributed by atoms with Crippen molar-refractivity contribution < 1.29 is 29.0 Å². The Morgan fingerprint density at radius 3 is 1.92 bits per heavy atom. The first-order valence-electron chi connectivity index (χ1n) is 12.5. The predicted molar refractivity (Wildman–Crippen MR) is 141 cm³/mol. The van der Waals surface area contributed by atoms with Gasteiger partial charge in [-0.25, -0.2) is 4.39 Å². The average Bonchev–Trinajstić information content (AvgIpc) is 2.89. The van der Waals surface area contributed by atoms with Crippen molar-refractivity contribution >= 4 is 17.5 Å². The number of halogens is 1. The fourth-order valence-electron chi connectivity index (χ4n) is 5.37. The number of Topliss-reactive ketones (excluding diaryl/α,β-unsaturated/α-hetero) is 2. The van der Waals surface area contributed by atoms with Gasteiger partial charge in [0.05, 0.1) is 0 Å². The van der Waals surface area contributed by atoms with E-state index in [0.29, 0.717) is 35.3 Å². The summed E-state index contributed by atoms with van der Waals surface area (Å²) < 4.78 is 14.8. The van der Waals surface area contributed by atoms with Gasteiger partial charge in [-0.2, -0.15) is 0 Å². The fraction of sp³-hybridized carbons (Fsp3) is 0.300. The number of nitrogens with zero attached hydrogens (tertiary/aromatic N) is 1. The average molecular weight is 519 g/mol. The maximum absolute atomic E-state index is 14.8. The Morgan fingerprint density at radius 2 is 1.42 bits per heavy atom. The minimum absolute atomic E-state index is 0.0555. The van der Waals surface area contributed by atoms with Crippen molar-refractivity contribution in [2.75, 3.05) is 26.2 Å². The molecule has 3 aromatic carbocycles. The summed E-state index contributed by atoms with van der Waals surface area (Å²) in [6.07, 6.45) is 0. The lowest BCUT2D eigenvalue weighted by Gasteiger charge is -2.43. The molecule has 1 saturated heterocycles. The Bertz CT molecular complexity index is 1290. The Labute approximate surface area is 220 Å². The number of carbonyl (C=O) groups is 3. The van der Waals surface area contributed by atoms with Gasteiger partial charge in [0.25, 0.3) is 0 Å². The third-order valence-electron chi connectivity index (χ3n) is 7.18. The van der Waals surface area contributed by atoms with Gasteiger partial charge in [0, 0.05) is 62.0 Å². The van der Waals surface area contributed by atoms with Crippen molar-refractivity contribution in [3.05, 3.63) is 94.8 Å². The van der Waals surface area contributed by atoms with Crippen LogP contribution in [0, 0.1) is 24.6 Å². The zero-order valence-corrected chi connectivity index (χ0v) is 21.4. The number of benzene rings is 3. The van der Waals surface area contributed by atoms with E-state index in [4.69, 9.17) is 0 Å². The van der Waals surface area contributed by atoms with E-state index in [9.17, 15) is 29.0 Å². The number of phenols is 2. The number of hydrogen-bond donors (Lipinski definition) is 3. The molecular weight excluding hydrogens is 487 g/mol. The molecule has 3 aromatic rings. The number of piperidine rings is 1. The van der Waals surface area contributed by atoms with Gasteiger partial charge in [0.1, 0.15) is 17.3 Å². The van der Waals surface area contributed by atoms with Gasteiger partial charge < -0.3 is 20.4 Å². The summed E-state index contributed by atoms with van der Waals surface area (Å²) in [5, 5.41) is 22.8. The molecule has 8 heteroatoms. The van der Waals surface area contributed by atoms with E-state index in [2.05, 4.69) is 5.32 Å². The number of amides is 1. The molecule has 0 unspecified atom stereocenters. The fourth-order valence-corrected chi connectivity index (χ4v) is 5.37. The second kappa shape index (κ2) is 11.6. The largest absolute Gasteiger partial charge is 0.508 e. The second-order valence-corrected chi connectivity index (χ2v) is 9.76. The molecule has 1 aliphatic heterocycles. The molecule has 0 aliphatic carbocycles. The topological polar surface area (TPSA) is 107 Å². The third-order valence-corrected chi connectivity index (χ3v) is 7.18. The predicted octanol–water partition coefficient (Wildman–Crippen LogP) is 4.08. The summed E-state index contributed by atoms with van der Waals surface area (Å²) in [4.78, 5) is 41.3. The van der Waals surface area contributed by atoms with Crippen molar-refractivity contribution in [1.82, 2.24) is 10.2 Å². The van der Waals surface area contributed by atoms with Crippen LogP contribution in [0.5, 0.6) is 11.5 Å². The zero-order chi connectivity index (χ0) is 27.4. The van der Waals surface area contributed by atoms with Crippen LogP contribution in [-0.4, -0.2) is 58.8 Å². The second-order valence-electron chi connectivity index (χ2n) is 9.76. The van der Waals surface area contributed by atoms with Crippen molar-refractivity contribution in [3.63, 3.8) is 0 Å². The van der Waals surface area contributed by atoms with Crippen molar-refractivity contribution in [1.29, 1.82) is 0 Å². The highest BCUT2D eigenvalue weighted by molar-refractivity contribution is 6.02. The molecule has 0 saturated carbocycles. The molecule has 0 bridgehead atoms. The molecule has 1 aliphatic rings. The van der Waals surface area contributed by atoms with Crippen LogP contribution in [0.1, 0.15) is 44.7 Å². The monoisotopic (exact) mass is 518 g/mol. The van der Waals surface area contributed by atoms with Crippen molar-refractivity contribution in [2.45, 2.75) is 19.8 Å². The van der Waals surface area contributed by atoms with E-state index in [1.54, 1.807) is 43.3 Å². The van der Waals surface area contributed by atoms with E-state index in [1.807, 2.05) is 4.90 Å². The number of ketones is 2. The van der Waals surface area contributed by atoms with Crippen LogP contribution in [0.15, 0.2) is 66.7 Å². The normalized spacial score (nSPS) is 18.2. The van der Waals surface area contributed by atoms with Gasteiger partial charge in [-0.1, -0.05) is 36.4 Å². The van der Waals surface area contributed by atoms with E-state index in [1.165, 1.54) is 37.3 Å². The summed E-state index contributed by atoms with van der Waals surface area (Å²) in [6.45, 7) is 4.35. The number of hydrogen-bond acceptors (Lipinski definition) is 6. The number of rotatable bonds is 8. The molecule has 198 valence electrons. The molecule has 7 nitrogen and oxygen atoms in total. The lowest BCUT2D eigenvalue weighted by Crippen LogP contribution is -2.52. The molecule has 3 N–H and O–H groups in total. The van der Waals surface area contributed by atoms with Crippen LogP contribution >= 0.6 is 0 Å². The van der Waals surface area contributed by atoms with Gasteiger partial charge in [-0.05, 0) is 48.4 Å². The maximum Gasteiger partial charge on any atom is 0.216 e. The van der Waals surface area contributed by atoms with Gasteiger partial charge >= 0.3 is 0 Å². The molecule has 2 atom stereocenters. The maximum atomic E-state index is 14.8. The van der Waals surface area contributed by atoms with E-state index < -0.39 is 23.6 Å². The van der Waals surface area contributed by atoms with E-state index >= 15 is 0 Å². The summed E-state index contributed by atoms with van der Waals surface area (Å²) in [7, 11) is 0. The summed E-state index contributed by atoms with van der Waals surface area (Å²) in [5.74, 6) is -3.41. The Morgan fingerprint density at radius 1 is 0.895 bits per heavy atom. The molecule has 1 heterocycles. The molecule has 0 spiro atoms. The quantitative estimate of drug-likeness (QED) is 0.388. The first kappa shape index (κ1) is 27.0. The number of aromatic hydroxyl groups is 2. The SMILES string of the molecule is CC(=O)NCCN1C[C@H](C(=O)c2cccc(O)c2)C(c2cccc(F)c2C)[C@@H](C(=O)c2cccc(O)c2)C1. The Hall–Kier alpha value is -4.04. The van der Waals surface area contributed by atoms with E-state index in [-0.39, 0.29) is 42.1 Å². The molecule has 0 radical (unpaired) electrons. The van der Waals surface area contributed by atoms with Crippen LogP contribution in [0.25, 0.3) is 0 Å². The standard InChI is InChI=1S/C30H31FN2O5/c1-18-24(10-5-11-27(18)31)28-25(29(37)20-6-3-8-22(35)14-20)16-33(13-12-32-19(2)34)17-26(28)30(38)21-7-4-9-23(36)15-21/h3-11,14-15,25-26,28,35-36H,12-13,16-17H2,1-2H3,(H,32,34)/t25-,26-/m0/s1. The number of nitrogens with one attached hydrogen (secondary N) is 1. The minimum atomic E-state index is -0.741.